The molecule has 7 rings (SSSR count). The molecule has 8 atom stereocenters. The first kappa shape index (κ1) is 27.9. The molecule has 0 N–H and O–H groups in total. The second-order valence-corrected chi connectivity index (χ2v) is 16.0. The van der Waals surface area contributed by atoms with Gasteiger partial charge in [-0.15, -0.1) is 0 Å². The Balaban J connectivity index is 1.20. The van der Waals surface area contributed by atoms with Gasteiger partial charge < -0.3 is 0 Å². The molecule has 3 fully saturated rings. The van der Waals surface area contributed by atoms with Crippen LogP contribution in [-0.4, -0.2) is 14.6 Å². The zero-order chi connectivity index (χ0) is 28.5. The Labute approximate surface area is 252 Å². The molecule has 0 saturated heterocycles. The Hall–Kier alpha value is -1.87. The maximum atomic E-state index is 6.32. The fourth-order valence-corrected chi connectivity index (χ4v) is 11.2. The fourth-order valence-electron chi connectivity index (χ4n) is 11.1. The van der Waals surface area contributed by atoms with E-state index in [1.165, 1.54) is 80.3 Å². The van der Waals surface area contributed by atoms with E-state index in [-0.39, 0.29) is 0 Å². The van der Waals surface area contributed by atoms with Crippen LogP contribution in [0.4, 0.5) is 0 Å². The van der Waals surface area contributed by atoms with Gasteiger partial charge in [-0.3, -0.25) is 0 Å². The lowest BCUT2D eigenvalue weighted by Crippen LogP contribution is -2.54. The molecule has 4 heteroatoms. The maximum Gasteiger partial charge on any atom is 0.155 e. The Kier molecular flexibility index (Phi) is 7.08. The van der Waals surface area contributed by atoms with Gasteiger partial charge in [0, 0.05) is 27.9 Å². The molecule has 3 nitrogen and oxygen atoms in total. The summed E-state index contributed by atoms with van der Waals surface area (Å²) in [6, 6.07) is 10.4. The monoisotopic (exact) mass is 571 g/mol. The maximum absolute atomic E-state index is 6.32. The van der Waals surface area contributed by atoms with E-state index in [0.717, 1.165) is 64.9 Å². The highest BCUT2D eigenvalue weighted by Crippen LogP contribution is 2.68. The minimum Gasteiger partial charge on any atom is -0.233 e. The van der Waals surface area contributed by atoms with E-state index in [9.17, 15) is 0 Å². The molecule has 3 aromatic rings. The van der Waals surface area contributed by atoms with Crippen LogP contribution < -0.4 is 0 Å². The van der Waals surface area contributed by atoms with Gasteiger partial charge in [0.05, 0.1) is 11.9 Å². The van der Waals surface area contributed by atoms with E-state index in [0.29, 0.717) is 10.8 Å². The topological polar surface area (TPSA) is 30.2 Å². The van der Waals surface area contributed by atoms with Gasteiger partial charge in [-0.2, -0.15) is 5.10 Å². The summed E-state index contributed by atoms with van der Waals surface area (Å²) in [4.78, 5) is 5.21. The van der Waals surface area contributed by atoms with Crippen LogP contribution in [0.2, 0.25) is 5.02 Å². The summed E-state index contributed by atoms with van der Waals surface area (Å²) in [5.41, 5.74) is 7.06. The van der Waals surface area contributed by atoms with Crippen molar-refractivity contribution >= 4 is 17.2 Å². The van der Waals surface area contributed by atoms with Crippen LogP contribution in [-0.2, 0) is 12.8 Å². The second-order valence-electron chi connectivity index (χ2n) is 15.6. The predicted octanol–water partition coefficient (Wildman–Crippen LogP) is 10.1. The second kappa shape index (κ2) is 10.4. The van der Waals surface area contributed by atoms with Crippen molar-refractivity contribution in [3.63, 3.8) is 0 Å². The van der Waals surface area contributed by atoms with Crippen molar-refractivity contribution in [2.75, 3.05) is 0 Å². The molecule has 41 heavy (non-hydrogen) atoms. The lowest BCUT2D eigenvalue weighted by Gasteiger charge is -2.60. The Morgan fingerprint density at radius 2 is 1.71 bits per heavy atom. The molecule has 0 amide bonds. The normalized spacial score (nSPS) is 35.1. The molecule has 4 aliphatic carbocycles. The number of nitrogens with zero attached hydrogens (tertiary/aromatic N) is 3. The van der Waals surface area contributed by atoms with E-state index in [4.69, 9.17) is 21.7 Å². The highest BCUT2D eigenvalue weighted by atomic mass is 35.5. The third-order valence-corrected chi connectivity index (χ3v) is 13.4. The molecule has 0 spiro atoms. The summed E-state index contributed by atoms with van der Waals surface area (Å²) in [6.07, 6.45) is 17.0. The molecule has 4 aliphatic rings. The lowest BCUT2D eigenvalue weighted by atomic mass is 9.44. The third-order valence-electron chi connectivity index (χ3n) is 13.1. The molecular weight excluding hydrogens is 522 g/mol. The highest BCUT2D eigenvalue weighted by Gasteiger charge is 2.60. The van der Waals surface area contributed by atoms with Crippen LogP contribution in [0, 0.1) is 52.3 Å². The Bertz CT molecular complexity index is 1410. The van der Waals surface area contributed by atoms with Gasteiger partial charge in [-0.05, 0) is 116 Å². The summed E-state index contributed by atoms with van der Waals surface area (Å²) in [5, 5.41) is 5.55. The number of hydrogen-bond donors (Lipinski definition) is 0. The average Bonchev–Trinajstić information content (AvgIpc) is 3.54. The Morgan fingerprint density at radius 3 is 2.49 bits per heavy atom. The third kappa shape index (κ3) is 4.50. The van der Waals surface area contributed by atoms with Gasteiger partial charge in [0.25, 0.3) is 0 Å². The highest BCUT2D eigenvalue weighted by molar-refractivity contribution is 6.30. The average molecular weight is 572 g/mol. The van der Waals surface area contributed by atoms with Gasteiger partial charge in [0.2, 0.25) is 0 Å². The summed E-state index contributed by atoms with van der Waals surface area (Å²) >= 11 is 6.32. The summed E-state index contributed by atoms with van der Waals surface area (Å²) in [6.45, 7) is 12.8. The van der Waals surface area contributed by atoms with Crippen molar-refractivity contribution in [2.24, 2.45) is 52.3 Å². The first-order valence-electron chi connectivity index (χ1n) is 16.8. The number of rotatable bonds is 6. The van der Waals surface area contributed by atoms with Crippen LogP contribution in [0.5, 0.6) is 0 Å². The number of halogens is 1. The summed E-state index contributed by atoms with van der Waals surface area (Å²) < 4.78 is 2.09. The van der Waals surface area contributed by atoms with Crippen molar-refractivity contribution in [1.82, 2.24) is 14.6 Å². The standard InChI is InChI=1S/C37H50ClN3/c1-23(2)7-6-8-24(3)30-15-16-31-28-14-11-26-21-33-29(22-37(26,5)32(28)17-19-36(30,31)4)35(25-9-12-27(38)13-10-25)41-34(40-33)18-20-39-41/h9-10,12-13,18,20,23-24,26,28,30-32H,6-8,11,14-17,19,21-22H2,1-5H3/t24-,26+,28-,30-,31+,32?,36-,37+/m1/s1. The molecule has 2 aromatic heterocycles. The zero-order valence-electron chi connectivity index (χ0n) is 26.0. The van der Waals surface area contributed by atoms with E-state index in [2.05, 4.69) is 57.3 Å². The summed E-state index contributed by atoms with van der Waals surface area (Å²) in [5.74, 6) is 6.01. The van der Waals surface area contributed by atoms with Gasteiger partial charge in [0.1, 0.15) is 0 Å². The van der Waals surface area contributed by atoms with Crippen molar-refractivity contribution in [1.29, 1.82) is 0 Å². The zero-order valence-corrected chi connectivity index (χ0v) is 26.8. The first-order valence-corrected chi connectivity index (χ1v) is 17.2. The van der Waals surface area contributed by atoms with Crippen molar-refractivity contribution < 1.29 is 0 Å². The van der Waals surface area contributed by atoms with E-state index in [1.807, 2.05) is 18.3 Å². The number of fused-ring (bicyclic) bond motifs is 7. The molecular formula is C37H50ClN3. The minimum absolute atomic E-state index is 0.335. The van der Waals surface area contributed by atoms with Gasteiger partial charge in [-0.1, -0.05) is 77.6 Å². The lowest BCUT2D eigenvalue weighted by molar-refractivity contribution is -0.103. The number of hydrogen-bond acceptors (Lipinski definition) is 2. The first-order chi connectivity index (χ1) is 19.7. The van der Waals surface area contributed by atoms with Crippen LogP contribution in [0.1, 0.15) is 104 Å². The number of benzene rings is 1. The van der Waals surface area contributed by atoms with Crippen molar-refractivity contribution in [3.05, 3.63) is 52.8 Å². The molecule has 0 aliphatic heterocycles. The van der Waals surface area contributed by atoms with E-state index in [1.54, 1.807) is 0 Å². The molecule has 220 valence electrons. The molecule has 0 bridgehead atoms. The molecule has 1 aromatic carbocycles. The SMILES string of the molecule is CC(C)CCC[C@@H](C)[C@H]1CC[C@H]2[C@H]3CC[C@H]4Cc5nc6ccnn6c(-c6ccc(Cl)cc6)c5C[C@]4(C)C3CC[C@]12C. The van der Waals surface area contributed by atoms with E-state index < -0.39 is 0 Å². The number of aromatic nitrogens is 3. The van der Waals surface area contributed by atoms with Crippen LogP contribution >= 0.6 is 11.6 Å². The fraction of sp³-hybridized carbons (Fsp3) is 0.676. The molecule has 0 radical (unpaired) electrons. The molecule has 1 unspecified atom stereocenters. The quantitative estimate of drug-likeness (QED) is 0.294. The molecule has 2 heterocycles. The van der Waals surface area contributed by atoms with Crippen LogP contribution in [0.25, 0.3) is 16.9 Å². The van der Waals surface area contributed by atoms with Gasteiger partial charge in [-0.25, -0.2) is 9.50 Å². The molecule has 3 saturated carbocycles. The van der Waals surface area contributed by atoms with Gasteiger partial charge >= 0.3 is 0 Å². The van der Waals surface area contributed by atoms with Crippen molar-refractivity contribution in [2.45, 2.75) is 105 Å². The summed E-state index contributed by atoms with van der Waals surface area (Å²) in [7, 11) is 0. The predicted molar refractivity (Wildman–Crippen MR) is 170 cm³/mol. The Morgan fingerprint density at radius 1 is 0.927 bits per heavy atom. The smallest absolute Gasteiger partial charge is 0.155 e. The minimum atomic E-state index is 0.335. The van der Waals surface area contributed by atoms with Crippen molar-refractivity contribution in [3.8, 4) is 11.3 Å². The van der Waals surface area contributed by atoms with Crippen LogP contribution in [0.15, 0.2) is 36.5 Å². The van der Waals surface area contributed by atoms with Crippen LogP contribution in [0.3, 0.4) is 0 Å². The van der Waals surface area contributed by atoms with E-state index >= 15 is 0 Å². The largest absolute Gasteiger partial charge is 0.233 e. The van der Waals surface area contributed by atoms with Gasteiger partial charge in [0.15, 0.2) is 5.65 Å².